The van der Waals surface area contributed by atoms with Crippen molar-refractivity contribution in [3.05, 3.63) is 10.6 Å². The first-order valence-corrected chi connectivity index (χ1v) is 8.64. The second-order valence-corrected chi connectivity index (χ2v) is 6.32. The molecular weight excluding hydrogens is 286 g/mol. The molecule has 1 aromatic rings. The van der Waals surface area contributed by atoms with Crippen LogP contribution >= 0.6 is 11.3 Å². The molecule has 0 spiro atoms. The molecule has 6 heteroatoms. The predicted molar refractivity (Wildman–Crippen MR) is 87.1 cm³/mol. The highest BCUT2D eigenvalue weighted by Crippen LogP contribution is 2.28. The number of hydrogen-bond donors (Lipinski definition) is 1. The van der Waals surface area contributed by atoms with Gasteiger partial charge >= 0.3 is 0 Å². The van der Waals surface area contributed by atoms with Gasteiger partial charge in [0.25, 0.3) is 0 Å². The molecule has 1 N–H and O–H groups in total. The van der Waals surface area contributed by atoms with Crippen LogP contribution in [0.2, 0.25) is 0 Å². The van der Waals surface area contributed by atoms with Crippen molar-refractivity contribution in [2.75, 3.05) is 38.3 Å². The number of anilines is 1. The molecule has 1 aliphatic rings. The Morgan fingerprint density at radius 2 is 2.33 bits per heavy atom. The summed E-state index contributed by atoms with van der Waals surface area (Å²) >= 11 is 1.77. The van der Waals surface area contributed by atoms with E-state index in [-0.39, 0.29) is 0 Å². The molecule has 0 aliphatic carbocycles. The van der Waals surface area contributed by atoms with E-state index < -0.39 is 0 Å². The first kappa shape index (κ1) is 16.7. The average molecular weight is 313 g/mol. The largest absolute Gasteiger partial charge is 0.378 e. The number of nitrogens with one attached hydrogen (secondary N) is 1. The van der Waals surface area contributed by atoms with Gasteiger partial charge in [0.05, 0.1) is 18.4 Å². The van der Waals surface area contributed by atoms with Gasteiger partial charge in [0.2, 0.25) is 0 Å². The number of ether oxygens (including phenoxy) is 2. The molecule has 1 saturated heterocycles. The summed E-state index contributed by atoms with van der Waals surface area (Å²) in [7, 11) is 1.72. The van der Waals surface area contributed by atoms with Crippen molar-refractivity contribution in [3.8, 4) is 0 Å². The van der Waals surface area contributed by atoms with Crippen molar-refractivity contribution in [2.24, 2.45) is 0 Å². The molecule has 1 unspecified atom stereocenters. The predicted octanol–water partition coefficient (Wildman–Crippen LogP) is 2.40. The maximum atomic E-state index is 5.75. The summed E-state index contributed by atoms with van der Waals surface area (Å²) < 4.78 is 11.0. The lowest BCUT2D eigenvalue weighted by atomic mass is 10.2. The van der Waals surface area contributed by atoms with Crippen molar-refractivity contribution < 1.29 is 9.47 Å². The maximum Gasteiger partial charge on any atom is 0.185 e. The van der Waals surface area contributed by atoms with Crippen molar-refractivity contribution in [1.29, 1.82) is 0 Å². The van der Waals surface area contributed by atoms with Gasteiger partial charge < -0.3 is 19.7 Å². The monoisotopic (exact) mass is 313 g/mol. The standard InChI is InChI=1S/C15H27N3O2S/c1-4-16-9-14-13(11-19-3)17-15(21-14)18(5-2)10-12-7-6-8-20-12/h12,16H,4-11H2,1-3H3. The van der Waals surface area contributed by atoms with Crippen LogP contribution in [0, 0.1) is 0 Å². The summed E-state index contributed by atoms with van der Waals surface area (Å²) in [5, 5.41) is 4.47. The lowest BCUT2D eigenvalue weighted by Gasteiger charge is -2.23. The summed E-state index contributed by atoms with van der Waals surface area (Å²) in [5.74, 6) is 0. The van der Waals surface area contributed by atoms with Gasteiger partial charge in [0.15, 0.2) is 5.13 Å². The molecule has 120 valence electrons. The summed E-state index contributed by atoms with van der Waals surface area (Å²) in [6.45, 7) is 9.51. The molecule has 2 rings (SSSR count). The zero-order valence-electron chi connectivity index (χ0n) is 13.4. The van der Waals surface area contributed by atoms with E-state index in [2.05, 4.69) is 24.1 Å². The Bertz CT molecular complexity index is 419. The number of nitrogens with zero attached hydrogens (tertiary/aromatic N) is 2. The Balaban J connectivity index is 2.07. The Hall–Kier alpha value is -0.690. The zero-order chi connectivity index (χ0) is 15.1. The summed E-state index contributed by atoms with van der Waals surface area (Å²) in [5.41, 5.74) is 1.06. The Kier molecular flexibility index (Phi) is 6.89. The minimum Gasteiger partial charge on any atom is -0.378 e. The van der Waals surface area contributed by atoms with Crippen LogP contribution in [0.15, 0.2) is 0 Å². The number of likely N-dealkylation sites (N-methyl/N-ethyl adjacent to an activating group) is 1. The highest BCUT2D eigenvalue weighted by atomic mass is 32.1. The minimum atomic E-state index is 0.358. The Labute approximate surface area is 131 Å². The van der Waals surface area contributed by atoms with Crippen LogP contribution < -0.4 is 10.2 Å². The topological polar surface area (TPSA) is 46.6 Å². The first-order valence-electron chi connectivity index (χ1n) is 7.83. The quantitative estimate of drug-likeness (QED) is 0.758. The summed E-state index contributed by atoms with van der Waals surface area (Å²) in [6, 6.07) is 0. The van der Waals surface area contributed by atoms with Crippen LogP contribution in [0.1, 0.15) is 37.3 Å². The fraction of sp³-hybridized carbons (Fsp3) is 0.800. The van der Waals surface area contributed by atoms with Gasteiger partial charge in [0, 0.05) is 38.2 Å². The molecule has 1 aromatic heterocycles. The average Bonchev–Trinajstić information content (AvgIpc) is 3.13. The molecule has 0 saturated carbocycles. The highest BCUT2D eigenvalue weighted by Gasteiger charge is 2.21. The van der Waals surface area contributed by atoms with Gasteiger partial charge in [-0.05, 0) is 26.3 Å². The van der Waals surface area contributed by atoms with Crippen LogP contribution in [-0.4, -0.2) is 44.4 Å². The summed E-state index contributed by atoms with van der Waals surface area (Å²) in [4.78, 5) is 8.40. The smallest absolute Gasteiger partial charge is 0.185 e. The maximum absolute atomic E-state index is 5.75. The third-order valence-corrected chi connectivity index (χ3v) is 4.84. The van der Waals surface area contributed by atoms with Gasteiger partial charge in [-0.2, -0.15) is 0 Å². The zero-order valence-corrected chi connectivity index (χ0v) is 14.2. The van der Waals surface area contributed by atoms with Crippen molar-refractivity contribution in [2.45, 2.75) is 45.9 Å². The van der Waals surface area contributed by atoms with Gasteiger partial charge in [-0.25, -0.2) is 4.98 Å². The molecule has 1 aliphatic heterocycles. The van der Waals surface area contributed by atoms with E-state index in [4.69, 9.17) is 14.5 Å². The number of hydrogen-bond acceptors (Lipinski definition) is 6. The second-order valence-electron chi connectivity index (χ2n) is 5.25. The molecule has 2 heterocycles. The van der Waals surface area contributed by atoms with Crippen molar-refractivity contribution in [1.82, 2.24) is 10.3 Å². The third kappa shape index (κ3) is 4.64. The van der Waals surface area contributed by atoms with Gasteiger partial charge in [-0.3, -0.25) is 0 Å². The van der Waals surface area contributed by atoms with Gasteiger partial charge in [0.1, 0.15) is 0 Å². The van der Waals surface area contributed by atoms with E-state index in [9.17, 15) is 0 Å². The SMILES string of the molecule is CCNCc1sc(N(CC)CC2CCCO2)nc1COC. The van der Waals surface area contributed by atoms with Crippen LogP contribution in [-0.2, 0) is 22.6 Å². The molecule has 0 aromatic carbocycles. The molecule has 1 fully saturated rings. The Morgan fingerprint density at radius 3 is 2.95 bits per heavy atom. The molecule has 1 atom stereocenters. The van der Waals surface area contributed by atoms with Gasteiger partial charge in [-0.15, -0.1) is 11.3 Å². The number of rotatable bonds is 9. The van der Waals surface area contributed by atoms with Crippen LogP contribution in [0.25, 0.3) is 0 Å². The lowest BCUT2D eigenvalue weighted by Crippen LogP contribution is -2.31. The molecule has 0 bridgehead atoms. The van der Waals surface area contributed by atoms with Gasteiger partial charge in [-0.1, -0.05) is 6.92 Å². The fourth-order valence-corrected chi connectivity index (χ4v) is 3.61. The van der Waals surface area contributed by atoms with Crippen molar-refractivity contribution in [3.63, 3.8) is 0 Å². The number of thiazole rings is 1. The van der Waals surface area contributed by atoms with E-state index in [1.165, 1.54) is 11.3 Å². The molecule has 21 heavy (non-hydrogen) atoms. The van der Waals surface area contributed by atoms with Crippen LogP contribution in [0.5, 0.6) is 0 Å². The second kappa shape index (κ2) is 8.68. The fourth-order valence-electron chi connectivity index (χ4n) is 2.51. The van der Waals surface area contributed by atoms with Crippen molar-refractivity contribution >= 4 is 16.5 Å². The summed E-state index contributed by atoms with van der Waals surface area (Å²) in [6.07, 6.45) is 2.70. The highest BCUT2D eigenvalue weighted by molar-refractivity contribution is 7.15. The van der Waals surface area contributed by atoms with E-state index in [0.717, 1.165) is 50.0 Å². The third-order valence-electron chi connectivity index (χ3n) is 3.68. The Morgan fingerprint density at radius 1 is 1.48 bits per heavy atom. The molecule has 5 nitrogen and oxygen atoms in total. The van der Waals surface area contributed by atoms with E-state index in [1.807, 2.05) is 0 Å². The molecule has 0 radical (unpaired) electrons. The van der Waals surface area contributed by atoms with E-state index in [1.54, 1.807) is 18.4 Å². The number of methoxy groups -OCH3 is 1. The first-order chi connectivity index (χ1) is 10.3. The lowest BCUT2D eigenvalue weighted by molar-refractivity contribution is 0.115. The van der Waals surface area contributed by atoms with E-state index in [0.29, 0.717) is 12.7 Å². The van der Waals surface area contributed by atoms with Crippen LogP contribution in [0.3, 0.4) is 0 Å². The molecular formula is C15H27N3O2S. The molecule has 0 amide bonds. The van der Waals surface area contributed by atoms with Crippen LogP contribution in [0.4, 0.5) is 5.13 Å². The normalized spacial score (nSPS) is 18.3. The number of aromatic nitrogens is 1. The minimum absolute atomic E-state index is 0.358. The van der Waals surface area contributed by atoms with E-state index >= 15 is 0 Å².